The van der Waals surface area contributed by atoms with Crippen molar-refractivity contribution in [2.24, 2.45) is 0 Å². The minimum Gasteiger partial charge on any atom is -0.441 e. The maximum Gasteiger partial charge on any atom is 0.342 e. The molecule has 1 rings (SSSR count). The van der Waals surface area contributed by atoms with Gasteiger partial charge in [-0.1, -0.05) is 20.8 Å². The van der Waals surface area contributed by atoms with E-state index < -0.39 is 53.7 Å². The van der Waals surface area contributed by atoms with Crippen molar-refractivity contribution in [2.45, 2.75) is 95.2 Å². The first-order valence-corrected chi connectivity index (χ1v) is 12.7. The summed E-state index contributed by atoms with van der Waals surface area (Å²) in [6, 6.07) is 0. The van der Waals surface area contributed by atoms with Gasteiger partial charge in [-0.3, -0.25) is 14.4 Å². The van der Waals surface area contributed by atoms with Gasteiger partial charge in [-0.25, -0.2) is 28.1 Å². The third kappa shape index (κ3) is 9.07. The van der Waals surface area contributed by atoms with E-state index in [-0.39, 0.29) is 35.0 Å². The number of hydrogen-bond acceptors (Lipinski definition) is 12. The summed E-state index contributed by atoms with van der Waals surface area (Å²) in [7, 11) is 0. The van der Waals surface area contributed by atoms with Gasteiger partial charge in [0.15, 0.2) is 18.7 Å². The predicted octanol–water partition coefficient (Wildman–Crippen LogP) is 1.48. The number of ether oxygens (including phenoxy) is 3. The van der Waals surface area contributed by atoms with Crippen molar-refractivity contribution in [2.75, 3.05) is 0 Å². The van der Waals surface area contributed by atoms with Crippen molar-refractivity contribution in [1.29, 1.82) is 0 Å². The Morgan fingerprint density at radius 2 is 0.750 bits per heavy atom. The van der Waals surface area contributed by atoms with Crippen molar-refractivity contribution >= 4 is 55.8 Å². The van der Waals surface area contributed by atoms with Crippen molar-refractivity contribution < 1.29 is 28.6 Å². The van der Waals surface area contributed by atoms with Crippen LogP contribution in [-0.2, 0) is 28.6 Å². The summed E-state index contributed by atoms with van der Waals surface area (Å²) in [4.78, 5) is 76.1. The third-order valence-corrected chi connectivity index (χ3v) is 5.17. The third-order valence-electron chi connectivity index (χ3n) is 4.62. The lowest BCUT2D eigenvalue weighted by Crippen LogP contribution is -2.57. The topological polar surface area (TPSA) is 145 Å². The zero-order chi connectivity index (χ0) is 27.9. The van der Waals surface area contributed by atoms with E-state index in [0.29, 0.717) is 13.7 Å². The van der Waals surface area contributed by atoms with Crippen LogP contribution in [0.2, 0.25) is 0 Å². The van der Waals surface area contributed by atoms with Crippen LogP contribution in [-0.4, -0.2) is 47.4 Å². The molecule has 0 aliphatic carbocycles. The lowest BCUT2D eigenvalue weighted by atomic mass is 10.3. The van der Waals surface area contributed by atoms with E-state index in [1.54, 1.807) is 20.8 Å². The summed E-state index contributed by atoms with van der Waals surface area (Å²) >= 11 is 12.3. The largest absolute Gasteiger partial charge is 0.441 e. The lowest BCUT2D eigenvalue weighted by molar-refractivity contribution is -0.154. The van der Waals surface area contributed by atoms with Crippen LogP contribution in [0.5, 0.6) is 0 Å². The van der Waals surface area contributed by atoms with Crippen LogP contribution < -0.4 is 17.1 Å². The number of carbonyl (C=O) groups excluding carboxylic acids is 3. The Labute approximate surface area is 224 Å². The Hall–Kier alpha value is -2.13. The van der Waals surface area contributed by atoms with Gasteiger partial charge in [0.2, 0.25) is 0 Å². The molecule has 36 heavy (non-hydrogen) atoms. The Bertz CT molecular complexity index is 956. The van der Waals surface area contributed by atoms with E-state index in [1.165, 1.54) is 20.8 Å². The van der Waals surface area contributed by atoms with Crippen LogP contribution in [0.1, 0.15) is 79.5 Å². The molecule has 6 unspecified atom stereocenters. The Kier molecular flexibility index (Phi) is 12.4. The molecule has 0 radical (unpaired) electrons. The summed E-state index contributed by atoms with van der Waals surface area (Å²) in [5.74, 6) is -2.24. The number of aromatic nitrogens is 3. The normalized spacial score (nSPS) is 16.2. The molecule has 1 aromatic heterocycles. The van der Waals surface area contributed by atoms with Crippen LogP contribution in [0.3, 0.4) is 0 Å². The van der Waals surface area contributed by atoms with Crippen molar-refractivity contribution in [3.05, 3.63) is 31.5 Å². The molecule has 0 aliphatic heterocycles. The van der Waals surface area contributed by atoms with Crippen LogP contribution in [0, 0.1) is 0 Å². The zero-order valence-electron chi connectivity index (χ0n) is 20.9. The quantitative estimate of drug-likeness (QED) is 0.194. The smallest absolute Gasteiger partial charge is 0.342 e. The highest BCUT2D eigenvalue weighted by atomic mass is 32.1. The Balaban J connectivity index is 3.65. The van der Waals surface area contributed by atoms with Crippen LogP contribution in [0.25, 0.3) is 0 Å². The van der Waals surface area contributed by atoms with E-state index in [1.807, 2.05) is 0 Å². The number of esters is 3. The van der Waals surface area contributed by atoms with Crippen LogP contribution in [0.4, 0.5) is 0 Å². The molecule has 12 nitrogen and oxygen atoms in total. The number of rotatable bonds is 12. The summed E-state index contributed by atoms with van der Waals surface area (Å²) in [6.07, 6.45) is -4.69. The van der Waals surface area contributed by atoms with E-state index in [0.717, 1.165) is 0 Å². The van der Waals surface area contributed by atoms with Gasteiger partial charge < -0.3 is 14.2 Å². The number of thiol groups is 3. The van der Waals surface area contributed by atoms with Gasteiger partial charge in [0.25, 0.3) is 0 Å². The minimum atomic E-state index is -1.46. The highest BCUT2D eigenvalue weighted by Crippen LogP contribution is 2.12. The lowest BCUT2D eigenvalue weighted by Gasteiger charge is -2.24. The van der Waals surface area contributed by atoms with Gasteiger partial charge in [-0.05, 0) is 20.8 Å². The van der Waals surface area contributed by atoms with Crippen molar-refractivity contribution in [3.8, 4) is 0 Å². The molecule has 0 spiro atoms. The first-order valence-electron chi connectivity index (χ1n) is 11.2. The molecule has 15 heteroatoms. The van der Waals surface area contributed by atoms with Crippen LogP contribution in [0.15, 0.2) is 14.4 Å². The molecule has 1 aromatic rings. The number of nitrogens with zero attached hydrogens (tertiary/aromatic N) is 3. The molecular weight excluding hydrogens is 534 g/mol. The highest BCUT2D eigenvalue weighted by molar-refractivity contribution is 7.81. The van der Waals surface area contributed by atoms with Gasteiger partial charge in [-0.2, -0.15) is 37.9 Å². The van der Waals surface area contributed by atoms with E-state index in [4.69, 9.17) is 14.2 Å². The van der Waals surface area contributed by atoms with E-state index >= 15 is 0 Å². The van der Waals surface area contributed by atoms with Crippen molar-refractivity contribution in [1.82, 2.24) is 13.7 Å². The molecule has 0 aromatic carbocycles. The first kappa shape index (κ1) is 31.9. The molecule has 204 valence electrons. The second-order valence-corrected chi connectivity index (χ2v) is 11.0. The average molecular weight is 568 g/mol. The second kappa shape index (κ2) is 14.0. The average Bonchev–Trinajstić information content (AvgIpc) is 2.65. The molecular formula is C21H33N3O9S3. The molecule has 0 aliphatic rings. The Morgan fingerprint density at radius 3 is 0.917 bits per heavy atom. The standard InChI is InChI=1S/C21H33N3O9S3/c1-10(34)7-16(25)31-13(4)22-19(28)23(14(5)32-17(26)8-11(2)35)21(30)24(20(22)29)15(6)33-18(27)9-12(3)36/h10-15,34-36H,7-9H2,1-6H3. The SMILES string of the molecule is CC(S)CC(=O)OC(C)n1c(=O)n(C(C)OC(=O)CC(C)S)c(=O)n(C(C)OC(=O)CC(C)S)c1=O. The molecule has 0 saturated heterocycles. The second-order valence-electron chi connectivity index (χ2n) is 8.38. The molecule has 0 fully saturated rings. The summed E-state index contributed by atoms with van der Waals surface area (Å²) in [6.45, 7) is 8.71. The summed E-state index contributed by atoms with van der Waals surface area (Å²) < 4.78 is 17.1. The monoisotopic (exact) mass is 567 g/mol. The highest BCUT2D eigenvalue weighted by Gasteiger charge is 2.29. The molecule has 0 bridgehead atoms. The van der Waals surface area contributed by atoms with Gasteiger partial charge >= 0.3 is 35.0 Å². The van der Waals surface area contributed by atoms with E-state index in [9.17, 15) is 28.8 Å². The first-order chi connectivity index (χ1) is 16.6. The molecule has 6 atom stereocenters. The maximum absolute atomic E-state index is 13.2. The minimum absolute atomic E-state index is 0.109. The van der Waals surface area contributed by atoms with Gasteiger partial charge in [-0.15, -0.1) is 0 Å². The van der Waals surface area contributed by atoms with Gasteiger partial charge in [0.1, 0.15) is 0 Å². The molecule has 0 N–H and O–H groups in total. The summed E-state index contributed by atoms with van der Waals surface area (Å²) in [5, 5.41) is -1.06. The molecule has 1 heterocycles. The van der Waals surface area contributed by atoms with Gasteiger partial charge in [0.05, 0.1) is 19.3 Å². The molecule has 0 saturated carbocycles. The summed E-state index contributed by atoms with van der Waals surface area (Å²) in [5.41, 5.74) is -3.58. The fourth-order valence-electron chi connectivity index (χ4n) is 3.12. The Morgan fingerprint density at radius 1 is 0.556 bits per heavy atom. The van der Waals surface area contributed by atoms with Crippen molar-refractivity contribution in [3.63, 3.8) is 0 Å². The predicted molar refractivity (Wildman–Crippen MR) is 141 cm³/mol. The fourth-order valence-corrected chi connectivity index (χ4v) is 3.57. The maximum atomic E-state index is 13.2. The number of carbonyl (C=O) groups is 3. The fraction of sp³-hybridized carbons (Fsp3) is 0.714. The molecule has 0 amide bonds. The number of hydrogen-bond donors (Lipinski definition) is 3. The zero-order valence-corrected chi connectivity index (χ0v) is 23.6. The van der Waals surface area contributed by atoms with Gasteiger partial charge in [0, 0.05) is 15.7 Å². The van der Waals surface area contributed by atoms with Crippen LogP contribution >= 0.6 is 37.9 Å². The van der Waals surface area contributed by atoms with E-state index in [2.05, 4.69) is 37.9 Å².